The van der Waals surface area contributed by atoms with E-state index in [0.29, 0.717) is 21.3 Å². The Balaban J connectivity index is 1.84. The number of nitrogens with zero attached hydrogens (tertiary/aromatic N) is 1. The van der Waals surface area contributed by atoms with Gasteiger partial charge in [0.25, 0.3) is 5.91 Å². The second-order valence-corrected chi connectivity index (χ2v) is 8.20. The largest absolute Gasteiger partial charge is 0.463 e. The van der Waals surface area contributed by atoms with Gasteiger partial charge in [0.1, 0.15) is 28.4 Å². The fraction of sp³-hybridized carbons (Fsp3) is 0.118. The van der Waals surface area contributed by atoms with Gasteiger partial charge in [-0.3, -0.25) is 4.79 Å². The second-order valence-electron chi connectivity index (χ2n) is 5.60. The lowest BCUT2D eigenvalue weighted by Gasteiger charge is -2.23. The van der Waals surface area contributed by atoms with Crippen molar-refractivity contribution in [3.63, 3.8) is 0 Å². The molecule has 0 radical (unpaired) electrons. The van der Waals surface area contributed by atoms with Gasteiger partial charge in [0, 0.05) is 24.1 Å². The van der Waals surface area contributed by atoms with Crippen molar-refractivity contribution >= 4 is 43.0 Å². The molecule has 1 amide bonds. The molecule has 6 nitrogen and oxygen atoms in total. The minimum atomic E-state index is -4.34. The van der Waals surface area contributed by atoms with Gasteiger partial charge in [-0.1, -0.05) is 40.2 Å². The van der Waals surface area contributed by atoms with Crippen molar-refractivity contribution in [3.8, 4) is 0 Å². The van der Waals surface area contributed by atoms with Crippen molar-refractivity contribution in [2.45, 2.75) is 4.95 Å². The van der Waals surface area contributed by atoms with E-state index in [9.17, 15) is 22.0 Å². The third-order valence-corrected chi connectivity index (χ3v) is 6.66. The third-order valence-electron chi connectivity index (χ3n) is 3.86. The second kappa shape index (κ2) is 7.37. The molecule has 0 saturated carbocycles. The van der Waals surface area contributed by atoms with Crippen LogP contribution >= 0.6 is 15.9 Å². The van der Waals surface area contributed by atoms with Crippen molar-refractivity contribution in [2.24, 2.45) is 0 Å². The van der Waals surface area contributed by atoms with Gasteiger partial charge in [0.05, 0.1) is 5.56 Å². The normalized spacial score (nSPS) is 13.1. The van der Waals surface area contributed by atoms with Crippen molar-refractivity contribution < 1.29 is 26.4 Å². The number of halogens is 3. The maximum atomic E-state index is 13.9. The Morgan fingerprint density at radius 3 is 2.63 bits per heavy atom. The topological polar surface area (TPSA) is 79.6 Å². The molecule has 3 rings (SSSR count). The molecular weight excluding hydrogens is 446 g/mol. The predicted molar refractivity (Wildman–Crippen MR) is 98.4 cm³/mol. The van der Waals surface area contributed by atoms with Crippen LogP contribution in [0.15, 0.2) is 53.1 Å². The number of amides is 1. The standard InChI is InChI=1S/C17H13BrF2N2O4S/c1-22(16(18)12-7-6-10(19)8-14(12)20)27(24,25)21-17(23)13-9-26-15-5-3-2-4-11(13)15/h2-9,16H,1H3,(H,21,23). The van der Waals surface area contributed by atoms with Crippen molar-refractivity contribution in [1.82, 2.24) is 9.03 Å². The summed E-state index contributed by atoms with van der Waals surface area (Å²) < 4.78 is 59.8. The molecular formula is C17H13BrF2N2O4S. The van der Waals surface area contributed by atoms with Crippen LogP contribution in [0.5, 0.6) is 0 Å². The van der Waals surface area contributed by atoms with Crippen LogP contribution in [0.1, 0.15) is 20.9 Å². The molecule has 1 N–H and O–H groups in total. The van der Waals surface area contributed by atoms with Gasteiger partial charge in [-0.15, -0.1) is 0 Å². The number of benzene rings is 2. The Morgan fingerprint density at radius 2 is 1.93 bits per heavy atom. The van der Waals surface area contributed by atoms with Crippen LogP contribution < -0.4 is 4.72 Å². The van der Waals surface area contributed by atoms with Gasteiger partial charge in [-0.2, -0.15) is 12.7 Å². The molecule has 142 valence electrons. The lowest BCUT2D eigenvalue weighted by Crippen LogP contribution is -2.42. The quantitative estimate of drug-likeness (QED) is 0.466. The van der Waals surface area contributed by atoms with E-state index in [1.54, 1.807) is 24.3 Å². The smallest absolute Gasteiger partial charge is 0.305 e. The molecule has 1 unspecified atom stereocenters. The van der Waals surface area contributed by atoms with Gasteiger partial charge in [-0.05, 0) is 12.1 Å². The summed E-state index contributed by atoms with van der Waals surface area (Å²) in [6.07, 6.45) is 1.15. The first-order chi connectivity index (χ1) is 12.7. The summed E-state index contributed by atoms with van der Waals surface area (Å²) in [7, 11) is -3.20. The molecule has 0 spiro atoms. The van der Waals surface area contributed by atoms with Crippen molar-refractivity contribution in [2.75, 3.05) is 7.05 Å². The fourth-order valence-electron chi connectivity index (χ4n) is 2.41. The van der Waals surface area contributed by atoms with Crippen LogP contribution in [0.3, 0.4) is 0 Å². The molecule has 10 heteroatoms. The molecule has 0 aliphatic rings. The molecule has 2 aromatic carbocycles. The summed E-state index contributed by atoms with van der Waals surface area (Å²) in [6, 6.07) is 9.40. The summed E-state index contributed by atoms with van der Waals surface area (Å²) in [4.78, 5) is 11.2. The van der Waals surface area contributed by atoms with E-state index in [0.717, 1.165) is 25.4 Å². The van der Waals surface area contributed by atoms with Gasteiger partial charge in [0.15, 0.2) is 0 Å². The first kappa shape index (κ1) is 19.5. The highest BCUT2D eigenvalue weighted by Crippen LogP contribution is 2.30. The minimum absolute atomic E-state index is 0.0432. The molecule has 0 saturated heterocycles. The number of alkyl halides is 1. The number of para-hydroxylation sites is 1. The predicted octanol–water partition coefficient (Wildman–Crippen LogP) is 3.71. The zero-order chi connectivity index (χ0) is 19.8. The number of nitrogens with one attached hydrogen (secondary N) is 1. The van der Waals surface area contributed by atoms with E-state index in [-0.39, 0.29) is 11.1 Å². The first-order valence-corrected chi connectivity index (χ1v) is 9.91. The summed E-state index contributed by atoms with van der Waals surface area (Å²) in [6.45, 7) is 0. The molecule has 0 aliphatic heterocycles. The summed E-state index contributed by atoms with van der Waals surface area (Å²) in [5.41, 5.74) is 0.368. The maximum Gasteiger partial charge on any atom is 0.305 e. The number of hydrogen-bond acceptors (Lipinski definition) is 4. The van der Waals surface area contributed by atoms with Gasteiger partial charge < -0.3 is 4.42 Å². The summed E-state index contributed by atoms with van der Waals surface area (Å²) in [5.74, 6) is -2.61. The Kier molecular flexibility index (Phi) is 5.31. The van der Waals surface area contributed by atoms with Crippen LogP contribution in [0.25, 0.3) is 11.0 Å². The maximum absolute atomic E-state index is 13.9. The Morgan fingerprint density at radius 1 is 1.22 bits per heavy atom. The number of carbonyl (C=O) groups excluding carboxylic acids is 1. The van der Waals surface area contributed by atoms with Crippen LogP contribution in [0, 0.1) is 11.6 Å². The molecule has 27 heavy (non-hydrogen) atoms. The van der Waals surface area contributed by atoms with Crippen molar-refractivity contribution in [3.05, 3.63) is 71.5 Å². The van der Waals surface area contributed by atoms with E-state index in [2.05, 4.69) is 15.9 Å². The third kappa shape index (κ3) is 3.87. The van der Waals surface area contributed by atoms with Gasteiger partial charge in [0.2, 0.25) is 0 Å². The number of fused-ring (bicyclic) bond motifs is 1. The van der Waals surface area contributed by atoms with Crippen LogP contribution in [0.4, 0.5) is 8.78 Å². The van der Waals surface area contributed by atoms with Crippen molar-refractivity contribution in [1.29, 1.82) is 0 Å². The van der Waals surface area contributed by atoms with E-state index in [1.807, 2.05) is 4.72 Å². The zero-order valence-electron chi connectivity index (χ0n) is 13.8. The average Bonchev–Trinajstić information content (AvgIpc) is 3.04. The highest BCUT2D eigenvalue weighted by atomic mass is 79.9. The summed E-state index contributed by atoms with van der Waals surface area (Å²) in [5, 5.41) is 0.452. The van der Waals surface area contributed by atoms with Crippen LogP contribution in [-0.4, -0.2) is 25.7 Å². The molecule has 1 aromatic heterocycles. The molecule has 0 fully saturated rings. The Hall–Kier alpha value is -2.30. The first-order valence-electron chi connectivity index (χ1n) is 7.56. The Bertz CT molecular complexity index is 1120. The van der Waals surface area contributed by atoms with E-state index in [4.69, 9.17) is 4.42 Å². The number of furan rings is 1. The Labute approximate surface area is 162 Å². The monoisotopic (exact) mass is 458 g/mol. The molecule has 3 aromatic rings. The van der Waals surface area contributed by atoms with Crippen LogP contribution in [0.2, 0.25) is 0 Å². The van der Waals surface area contributed by atoms with E-state index >= 15 is 0 Å². The van der Waals surface area contributed by atoms with Crippen LogP contribution in [-0.2, 0) is 10.2 Å². The van der Waals surface area contributed by atoms with E-state index < -0.39 is 32.7 Å². The molecule has 0 bridgehead atoms. The van der Waals surface area contributed by atoms with Gasteiger partial charge in [-0.25, -0.2) is 13.5 Å². The number of rotatable bonds is 5. The molecule has 0 aliphatic carbocycles. The number of carbonyl (C=O) groups is 1. The molecule has 1 heterocycles. The van der Waals surface area contributed by atoms with E-state index in [1.165, 1.54) is 0 Å². The number of hydrogen-bond donors (Lipinski definition) is 1. The fourth-order valence-corrected chi connectivity index (χ4v) is 4.29. The molecule has 1 atom stereocenters. The average molecular weight is 459 g/mol. The zero-order valence-corrected chi connectivity index (χ0v) is 16.2. The lowest BCUT2D eigenvalue weighted by molar-refractivity contribution is 0.0980. The SMILES string of the molecule is CN(C(Br)c1ccc(F)cc1F)S(=O)(=O)NC(=O)c1coc2ccccc12. The minimum Gasteiger partial charge on any atom is -0.463 e. The van der Waals surface area contributed by atoms with Gasteiger partial charge >= 0.3 is 10.2 Å². The summed E-state index contributed by atoms with van der Waals surface area (Å²) >= 11 is 3.06. The highest BCUT2D eigenvalue weighted by molar-refractivity contribution is 9.09. The lowest BCUT2D eigenvalue weighted by atomic mass is 10.2. The highest BCUT2D eigenvalue weighted by Gasteiger charge is 2.30.